The van der Waals surface area contributed by atoms with Crippen molar-refractivity contribution in [2.24, 2.45) is 0 Å². The molecule has 0 atom stereocenters. The smallest absolute Gasteiger partial charge is 0.238 e. The minimum Gasteiger partial charge on any atom is -0.333 e. The van der Waals surface area contributed by atoms with Gasteiger partial charge in [-0.05, 0) is 23.8 Å². The summed E-state index contributed by atoms with van der Waals surface area (Å²) in [5.41, 5.74) is 1.19. The molecule has 22 heavy (non-hydrogen) atoms. The number of fused-ring (bicyclic) bond motifs is 1. The molecule has 0 saturated heterocycles. The van der Waals surface area contributed by atoms with Crippen LogP contribution in [0.1, 0.15) is 11.1 Å². The van der Waals surface area contributed by atoms with Crippen molar-refractivity contribution in [3.05, 3.63) is 65.5 Å². The third-order valence-corrected chi connectivity index (χ3v) is 5.31. The average molecular weight is 319 g/mol. The van der Waals surface area contributed by atoms with Crippen LogP contribution in [0.15, 0.2) is 53.4 Å². The standard InChI is InChI=1S/C16H14FNO3S/c17-15-8-4-5-12-9-18(10-14(12)15)16(19)11-22(20,21)13-6-2-1-3-7-13/h1-8H,9-11H2. The fourth-order valence-electron chi connectivity index (χ4n) is 2.52. The topological polar surface area (TPSA) is 54.5 Å². The summed E-state index contributed by atoms with van der Waals surface area (Å²) in [4.78, 5) is 13.7. The zero-order valence-corrected chi connectivity index (χ0v) is 12.5. The molecule has 1 heterocycles. The van der Waals surface area contributed by atoms with Gasteiger partial charge in [0.1, 0.15) is 11.6 Å². The van der Waals surface area contributed by atoms with E-state index in [1.165, 1.54) is 23.1 Å². The van der Waals surface area contributed by atoms with Crippen LogP contribution < -0.4 is 0 Å². The fraction of sp³-hybridized carbons (Fsp3) is 0.188. The van der Waals surface area contributed by atoms with Crippen molar-refractivity contribution in [3.63, 3.8) is 0 Å². The van der Waals surface area contributed by atoms with Gasteiger partial charge in [-0.2, -0.15) is 0 Å². The molecule has 0 N–H and O–H groups in total. The van der Waals surface area contributed by atoms with E-state index < -0.39 is 21.5 Å². The molecule has 2 aromatic carbocycles. The molecule has 6 heteroatoms. The molecule has 1 aliphatic rings. The molecular formula is C16H14FNO3S. The first kappa shape index (κ1) is 14.7. The second-order valence-electron chi connectivity index (χ2n) is 5.20. The van der Waals surface area contributed by atoms with Crippen molar-refractivity contribution in [2.45, 2.75) is 18.0 Å². The molecule has 0 aromatic heterocycles. The molecule has 2 aromatic rings. The Morgan fingerprint density at radius 1 is 1.05 bits per heavy atom. The van der Waals surface area contributed by atoms with Crippen LogP contribution in [-0.2, 0) is 27.7 Å². The molecule has 0 saturated carbocycles. The zero-order chi connectivity index (χ0) is 15.7. The Kier molecular flexibility index (Phi) is 3.70. The van der Waals surface area contributed by atoms with Crippen molar-refractivity contribution in [3.8, 4) is 0 Å². The lowest BCUT2D eigenvalue weighted by Crippen LogP contribution is -2.31. The first-order valence-corrected chi connectivity index (χ1v) is 8.44. The first-order valence-electron chi connectivity index (χ1n) is 6.79. The van der Waals surface area contributed by atoms with Crippen LogP contribution in [-0.4, -0.2) is 25.0 Å². The number of benzene rings is 2. The number of sulfone groups is 1. The monoisotopic (exact) mass is 319 g/mol. The third kappa shape index (κ3) is 2.74. The highest BCUT2D eigenvalue weighted by Crippen LogP contribution is 2.25. The van der Waals surface area contributed by atoms with Crippen LogP contribution in [0.2, 0.25) is 0 Å². The summed E-state index contributed by atoms with van der Waals surface area (Å²) in [6.45, 7) is 0.362. The van der Waals surface area contributed by atoms with Gasteiger partial charge >= 0.3 is 0 Å². The Balaban J connectivity index is 1.76. The van der Waals surface area contributed by atoms with E-state index in [2.05, 4.69) is 0 Å². The van der Waals surface area contributed by atoms with Gasteiger partial charge in [0.15, 0.2) is 9.84 Å². The number of carbonyl (C=O) groups excluding carboxylic acids is 1. The predicted molar refractivity (Wildman–Crippen MR) is 79.1 cm³/mol. The van der Waals surface area contributed by atoms with E-state index in [4.69, 9.17) is 0 Å². The maximum Gasteiger partial charge on any atom is 0.238 e. The number of hydrogen-bond donors (Lipinski definition) is 0. The molecule has 114 valence electrons. The van der Waals surface area contributed by atoms with Crippen molar-refractivity contribution in [2.75, 3.05) is 5.75 Å². The number of carbonyl (C=O) groups is 1. The second-order valence-corrected chi connectivity index (χ2v) is 7.19. The van der Waals surface area contributed by atoms with Crippen LogP contribution in [0.3, 0.4) is 0 Å². The molecule has 0 fully saturated rings. The van der Waals surface area contributed by atoms with E-state index in [0.717, 1.165) is 5.56 Å². The van der Waals surface area contributed by atoms with E-state index in [9.17, 15) is 17.6 Å². The molecule has 0 spiro atoms. The predicted octanol–water partition coefficient (Wildman–Crippen LogP) is 2.14. The fourth-order valence-corrected chi connectivity index (χ4v) is 3.77. The Morgan fingerprint density at radius 3 is 2.45 bits per heavy atom. The number of halogens is 1. The maximum absolute atomic E-state index is 13.7. The molecule has 3 rings (SSSR count). The van der Waals surface area contributed by atoms with Crippen molar-refractivity contribution in [1.82, 2.24) is 4.90 Å². The summed E-state index contributed by atoms with van der Waals surface area (Å²) >= 11 is 0. The second kappa shape index (κ2) is 5.53. The average Bonchev–Trinajstić information content (AvgIpc) is 2.93. The van der Waals surface area contributed by atoms with Crippen LogP contribution in [0.25, 0.3) is 0 Å². The molecule has 0 radical (unpaired) electrons. The summed E-state index contributed by atoms with van der Waals surface area (Å²) in [6, 6.07) is 12.5. The van der Waals surface area contributed by atoms with Gasteiger partial charge in [-0.1, -0.05) is 30.3 Å². The largest absolute Gasteiger partial charge is 0.333 e. The molecule has 0 bridgehead atoms. The van der Waals surface area contributed by atoms with E-state index in [-0.39, 0.29) is 23.8 Å². The van der Waals surface area contributed by atoms with E-state index in [1.54, 1.807) is 30.3 Å². The number of amides is 1. The van der Waals surface area contributed by atoms with E-state index >= 15 is 0 Å². The molecule has 0 unspecified atom stereocenters. The van der Waals surface area contributed by atoms with Crippen LogP contribution in [0, 0.1) is 5.82 Å². The highest BCUT2D eigenvalue weighted by atomic mass is 32.2. The quantitative estimate of drug-likeness (QED) is 0.871. The molecule has 1 amide bonds. The highest BCUT2D eigenvalue weighted by Gasteiger charge is 2.29. The molecule has 4 nitrogen and oxygen atoms in total. The Bertz CT molecular complexity index is 819. The van der Waals surface area contributed by atoms with Gasteiger partial charge in [-0.25, -0.2) is 12.8 Å². The summed E-state index contributed by atoms with van der Waals surface area (Å²) in [7, 11) is -3.68. The summed E-state index contributed by atoms with van der Waals surface area (Å²) < 4.78 is 38.1. The highest BCUT2D eigenvalue weighted by molar-refractivity contribution is 7.92. The van der Waals surface area contributed by atoms with Gasteiger partial charge in [0.05, 0.1) is 4.90 Å². The molecule has 1 aliphatic heterocycles. The zero-order valence-electron chi connectivity index (χ0n) is 11.7. The lowest BCUT2D eigenvalue weighted by molar-refractivity contribution is -0.129. The SMILES string of the molecule is O=C(CS(=O)(=O)c1ccccc1)N1Cc2cccc(F)c2C1. The summed E-state index contributed by atoms with van der Waals surface area (Å²) in [6.07, 6.45) is 0. The van der Waals surface area contributed by atoms with Gasteiger partial charge in [-0.15, -0.1) is 0 Å². The van der Waals surface area contributed by atoms with E-state index in [1.807, 2.05) is 0 Å². The minimum absolute atomic E-state index is 0.116. The van der Waals surface area contributed by atoms with Crippen molar-refractivity contribution in [1.29, 1.82) is 0 Å². The van der Waals surface area contributed by atoms with Gasteiger partial charge in [0.2, 0.25) is 5.91 Å². The lowest BCUT2D eigenvalue weighted by atomic mass is 10.1. The Labute approximate surface area is 128 Å². The lowest BCUT2D eigenvalue weighted by Gasteiger charge is -2.15. The summed E-state index contributed by atoms with van der Waals surface area (Å²) in [5.74, 6) is -1.48. The summed E-state index contributed by atoms with van der Waals surface area (Å²) in [5, 5.41) is 0. The molecular weight excluding hydrogens is 305 g/mol. The van der Waals surface area contributed by atoms with Crippen LogP contribution in [0.4, 0.5) is 4.39 Å². The van der Waals surface area contributed by atoms with Gasteiger partial charge < -0.3 is 4.90 Å². The normalized spacial score (nSPS) is 14.0. The number of hydrogen-bond acceptors (Lipinski definition) is 3. The van der Waals surface area contributed by atoms with Gasteiger partial charge in [0.25, 0.3) is 0 Å². The van der Waals surface area contributed by atoms with Gasteiger partial charge in [0, 0.05) is 18.7 Å². The maximum atomic E-state index is 13.7. The molecule has 0 aliphatic carbocycles. The van der Waals surface area contributed by atoms with Crippen molar-refractivity contribution < 1.29 is 17.6 Å². The first-order chi connectivity index (χ1) is 10.5. The van der Waals surface area contributed by atoms with Gasteiger partial charge in [-0.3, -0.25) is 4.79 Å². The van der Waals surface area contributed by atoms with E-state index in [0.29, 0.717) is 5.56 Å². The third-order valence-electron chi connectivity index (χ3n) is 3.69. The minimum atomic E-state index is -3.68. The number of nitrogens with zero attached hydrogens (tertiary/aromatic N) is 1. The Morgan fingerprint density at radius 2 is 1.77 bits per heavy atom. The van der Waals surface area contributed by atoms with Crippen LogP contribution >= 0.6 is 0 Å². The Hall–Kier alpha value is -2.21. The number of rotatable bonds is 3. The van der Waals surface area contributed by atoms with Crippen LogP contribution in [0.5, 0.6) is 0 Å². The van der Waals surface area contributed by atoms with Crippen molar-refractivity contribution >= 4 is 15.7 Å².